The molecule has 0 aromatic heterocycles. The van der Waals surface area contributed by atoms with Crippen LogP contribution in [0.1, 0.15) is 93.5 Å². The van der Waals surface area contributed by atoms with E-state index in [4.69, 9.17) is 0 Å². The van der Waals surface area contributed by atoms with Gasteiger partial charge in [-0.05, 0) is 50.7 Å². The zero-order valence-corrected chi connectivity index (χ0v) is 16.7. The van der Waals surface area contributed by atoms with E-state index in [2.05, 4.69) is 24.1 Å². The van der Waals surface area contributed by atoms with Crippen molar-refractivity contribution in [3.63, 3.8) is 0 Å². The van der Waals surface area contributed by atoms with Crippen molar-refractivity contribution in [2.45, 2.75) is 95.2 Å². The molecule has 0 radical (unpaired) electrons. The van der Waals surface area contributed by atoms with E-state index >= 15 is 0 Å². The fraction of sp³-hybridized carbons (Fsp3) is 0.652. The largest absolute Gasteiger partial charge is 0.353 e. The Morgan fingerprint density at radius 2 is 1.85 bits per heavy atom. The molecule has 1 aromatic rings. The number of nitrogens with one attached hydrogen (secondary N) is 1. The zero-order chi connectivity index (χ0) is 19.0. The second-order valence-corrected chi connectivity index (χ2v) is 8.75. The summed E-state index contributed by atoms with van der Waals surface area (Å²) in [6.45, 7) is 4.27. The van der Waals surface area contributed by atoms with Gasteiger partial charge >= 0.3 is 0 Å². The van der Waals surface area contributed by atoms with Crippen molar-refractivity contribution in [2.24, 2.45) is 0 Å². The van der Waals surface area contributed by atoms with E-state index in [0.717, 1.165) is 56.1 Å². The van der Waals surface area contributed by atoms with Gasteiger partial charge in [-0.25, -0.2) is 0 Å². The maximum absolute atomic E-state index is 13.6. The van der Waals surface area contributed by atoms with Crippen LogP contribution >= 0.6 is 0 Å². The summed E-state index contributed by atoms with van der Waals surface area (Å²) in [6.07, 6.45) is 9.53. The minimum atomic E-state index is -0.358. The number of benzene rings is 1. The minimum Gasteiger partial charge on any atom is -0.353 e. The van der Waals surface area contributed by atoms with Crippen LogP contribution in [0.5, 0.6) is 0 Å². The lowest BCUT2D eigenvalue weighted by Crippen LogP contribution is -2.63. The van der Waals surface area contributed by atoms with Crippen molar-refractivity contribution in [3.05, 3.63) is 35.4 Å². The first-order valence-corrected chi connectivity index (χ1v) is 10.8. The standard InChI is InChI=1S/C23H32N2O2/c1-3-16(2)25-22(27)19-13-7-6-12-18(19)20(23(25)14-8-9-15-23)21(26)24-17-10-4-5-11-17/h6-7,12-13,16-17,20H,3-5,8-11,14-15H2,1-2H3,(H,24,26)/t16-,20-/m0/s1. The monoisotopic (exact) mass is 368 g/mol. The summed E-state index contributed by atoms with van der Waals surface area (Å²) < 4.78 is 0. The van der Waals surface area contributed by atoms with Crippen molar-refractivity contribution >= 4 is 11.8 Å². The number of carbonyl (C=O) groups is 2. The first-order chi connectivity index (χ1) is 13.1. The van der Waals surface area contributed by atoms with Crippen LogP contribution in [-0.4, -0.2) is 34.3 Å². The van der Waals surface area contributed by atoms with E-state index in [9.17, 15) is 9.59 Å². The Hall–Kier alpha value is -1.84. The molecule has 27 heavy (non-hydrogen) atoms. The van der Waals surface area contributed by atoms with Crippen molar-refractivity contribution < 1.29 is 9.59 Å². The van der Waals surface area contributed by atoms with Crippen LogP contribution in [0.4, 0.5) is 0 Å². The predicted octanol–water partition coefficient (Wildman–Crippen LogP) is 4.40. The SMILES string of the molecule is CC[C@H](C)N1C(=O)c2ccccc2[C@@H](C(=O)NC2CCCC2)C12CCCC2. The lowest BCUT2D eigenvalue weighted by atomic mass is 9.70. The molecule has 4 nitrogen and oxygen atoms in total. The van der Waals surface area contributed by atoms with Crippen molar-refractivity contribution in [2.75, 3.05) is 0 Å². The van der Waals surface area contributed by atoms with Crippen molar-refractivity contribution in [3.8, 4) is 0 Å². The fourth-order valence-electron chi connectivity index (χ4n) is 5.78. The number of carbonyl (C=O) groups excluding carboxylic acids is 2. The molecule has 4 rings (SSSR count). The van der Waals surface area contributed by atoms with Crippen molar-refractivity contribution in [1.82, 2.24) is 10.2 Å². The number of hydrogen-bond acceptors (Lipinski definition) is 2. The van der Waals surface area contributed by atoms with Gasteiger partial charge in [-0.15, -0.1) is 0 Å². The average molecular weight is 369 g/mol. The molecule has 1 aliphatic heterocycles. The molecule has 2 aliphatic carbocycles. The molecule has 1 spiro atoms. The summed E-state index contributed by atoms with van der Waals surface area (Å²) >= 11 is 0. The third-order valence-electron chi connectivity index (χ3n) is 7.20. The smallest absolute Gasteiger partial charge is 0.254 e. The van der Waals surface area contributed by atoms with E-state index in [1.165, 1.54) is 12.8 Å². The molecule has 0 bridgehead atoms. The number of fused-ring (bicyclic) bond motifs is 1. The lowest BCUT2D eigenvalue weighted by Gasteiger charge is -2.52. The van der Waals surface area contributed by atoms with Crippen LogP contribution in [0.25, 0.3) is 0 Å². The average Bonchev–Trinajstić information content (AvgIpc) is 3.34. The summed E-state index contributed by atoms with van der Waals surface area (Å²) in [4.78, 5) is 29.2. The molecule has 0 saturated heterocycles. The molecule has 1 aromatic carbocycles. The molecular weight excluding hydrogens is 336 g/mol. The number of rotatable bonds is 4. The third-order valence-corrected chi connectivity index (χ3v) is 7.20. The molecule has 2 fully saturated rings. The predicted molar refractivity (Wildman–Crippen MR) is 107 cm³/mol. The summed E-state index contributed by atoms with van der Waals surface area (Å²) in [7, 11) is 0. The normalized spacial score (nSPS) is 25.6. The summed E-state index contributed by atoms with van der Waals surface area (Å²) in [5.41, 5.74) is 1.31. The Labute approximate surface area is 162 Å². The summed E-state index contributed by atoms with van der Waals surface area (Å²) in [5, 5.41) is 3.36. The van der Waals surface area contributed by atoms with Gasteiger partial charge in [0, 0.05) is 17.6 Å². The highest BCUT2D eigenvalue weighted by atomic mass is 16.2. The molecule has 1 N–H and O–H groups in total. The zero-order valence-electron chi connectivity index (χ0n) is 16.7. The quantitative estimate of drug-likeness (QED) is 0.856. The topological polar surface area (TPSA) is 49.4 Å². The van der Waals surface area contributed by atoms with Gasteiger partial charge in [0.05, 0.1) is 11.5 Å². The van der Waals surface area contributed by atoms with Crippen LogP contribution in [0.15, 0.2) is 24.3 Å². The highest BCUT2D eigenvalue weighted by Crippen LogP contribution is 2.51. The molecule has 146 valence electrons. The van der Waals surface area contributed by atoms with E-state index < -0.39 is 0 Å². The first-order valence-electron chi connectivity index (χ1n) is 10.8. The Morgan fingerprint density at radius 1 is 1.19 bits per heavy atom. The summed E-state index contributed by atoms with van der Waals surface area (Å²) in [6, 6.07) is 8.27. The van der Waals surface area contributed by atoms with Gasteiger partial charge < -0.3 is 10.2 Å². The number of nitrogens with zero attached hydrogens (tertiary/aromatic N) is 1. The van der Waals surface area contributed by atoms with Gasteiger partial charge in [0.1, 0.15) is 0 Å². The second kappa shape index (κ2) is 7.29. The third kappa shape index (κ3) is 2.97. The lowest BCUT2D eigenvalue weighted by molar-refractivity contribution is -0.127. The molecule has 2 atom stereocenters. The van der Waals surface area contributed by atoms with Crippen molar-refractivity contribution in [1.29, 1.82) is 0 Å². The molecule has 3 aliphatic rings. The van der Waals surface area contributed by atoms with Crippen LogP contribution in [0.3, 0.4) is 0 Å². The molecule has 2 saturated carbocycles. The maximum Gasteiger partial charge on any atom is 0.254 e. The number of hydrogen-bond donors (Lipinski definition) is 1. The Morgan fingerprint density at radius 3 is 2.52 bits per heavy atom. The van der Waals surface area contributed by atoms with E-state index in [1.807, 2.05) is 24.3 Å². The van der Waals surface area contributed by atoms with Gasteiger partial charge in [0.15, 0.2) is 0 Å². The fourth-order valence-corrected chi connectivity index (χ4v) is 5.78. The molecule has 2 amide bonds. The van der Waals surface area contributed by atoms with Gasteiger partial charge in [-0.1, -0.05) is 50.8 Å². The Kier molecular flexibility index (Phi) is 5.00. The van der Waals surface area contributed by atoms with Crippen LogP contribution in [0, 0.1) is 0 Å². The molecule has 4 heteroatoms. The van der Waals surface area contributed by atoms with Gasteiger partial charge in [0.2, 0.25) is 5.91 Å². The highest BCUT2D eigenvalue weighted by Gasteiger charge is 2.56. The molecule has 0 unspecified atom stereocenters. The Bertz CT molecular complexity index is 717. The van der Waals surface area contributed by atoms with Gasteiger partial charge in [0.25, 0.3) is 5.91 Å². The number of amides is 2. The van der Waals surface area contributed by atoms with Gasteiger partial charge in [-0.2, -0.15) is 0 Å². The molecule has 1 heterocycles. The summed E-state index contributed by atoms with van der Waals surface area (Å²) in [5.74, 6) is 0.00678. The van der Waals surface area contributed by atoms with E-state index in [-0.39, 0.29) is 29.3 Å². The van der Waals surface area contributed by atoms with Crippen LogP contribution in [-0.2, 0) is 4.79 Å². The molecular formula is C23H32N2O2. The first kappa shape index (κ1) is 18.5. The van der Waals surface area contributed by atoms with Crippen LogP contribution < -0.4 is 5.32 Å². The second-order valence-electron chi connectivity index (χ2n) is 8.75. The highest BCUT2D eigenvalue weighted by molar-refractivity contribution is 6.02. The van der Waals surface area contributed by atoms with E-state index in [1.54, 1.807) is 0 Å². The maximum atomic E-state index is 13.6. The van der Waals surface area contributed by atoms with Crippen LogP contribution in [0.2, 0.25) is 0 Å². The van der Waals surface area contributed by atoms with E-state index in [0.29, 0.717) is 6.04 Å². The van der Waals surface area contributed by atoms with Gasteiger partial charge in [-0.3, -0.25) is 9.59 Å². The Balaban J connectivity index is 1.80. The minimum absolute atomic E-state index is 0.117.